The van der Waals surface area contributed by atoms with Gasteiger partial charge in [0, 0.05) is 12.4 Å². The lowest BCUT2D eigenvalue weighted by Gasteiger charge is -2.31. The molecule has 2 aromatic rings. The Bertz CT molecular complexity index is 539. The van der Waals surface area contributed by atoms with E-state index in [0.717, 1.165) is 12.8 Å². The summed E-state index contributed by atoms with van der Waals surface area (Å²) in [7, 11) is 0. The summed E-state index contributed by atoms with van der Waals surface area (Å²) in [6.45, 7) is 0. The molecule has 1 aromatic heterocycles. The lowest BCUT2D eigenvalue weighted by molar-refractivity contribution is 0.329. The maximum atomic E-state index is 5.78. The van der Waals surface area contributed by atoms with Crippen LogP contribution >= 0.6 is 0 Å². The SMILES string of the molecule is NNC(c1cccnc1)C1CCc2ccccc2C1. The molecule has 1 aromatic carbocycles. The summed E-state index contributed by atoms with van der Waals surface area (Å²) in [5.41, 5.74) is 7.10. The molecule has 1 heterocycles. The van der Waals surface area contributed by atoms with Gasteiger partial charge < -0.3 is 0 Å². The van der Waals surface area contributed by atoms with Crippen LogP contribution in [0, 0.1) is 5.92 Å². The zero-order chi connectivity index (χ0) is 13.1. The van der Waals surface area contributed by atoms with Crippen LogP contribution in [0.1, 0.15) is 29.2 Å². The Kier molecular flexibility index (Phi) is 3.58. The minimum Gasteiger partial charge on any atom is -0.271 e. The zero-order valence-corrected chi connectivity index (χ0v) is 10.9. The van der Waals surface area contributed by atoms with E-state index in [1.165, 1.54) is 23.1 Å². The van der Waals surface area contributed by atoms with Crippen molar-refractivity contribution in [2.45, 2.75) is 25.3 Å². The van der Waals surface area contributed by atoms with Crippen LogP contribution < -0.4 is 11.3 Å². The van der Waals surface area contributed by atoms with Gasteiger partial charge in [0.2, 0.25) is 0 Å². The van der Waals surface area contributed by atoms with Crippen LogP contribution in [-0.4, -0.2) is 4.98 Å². The van der Waals surface area contributed by atoms with Crippen LogP contribution in [0.25, 0.3) is 0 Å². The molecule has 0 fully saturated rings. The van der Waals surface area contributed by atoms with Crippen molar-refractivity contribution in [3.05, 3.63) is 65.5 Å². The Morgan fingerprint density at radius 3 is 2.74 bits per heavy atom. The van der Waals surface area contributed by atoms with Crippen LogP contribution in [-0.2, 0) is 12.8 Å². The summed E-state index contributed by atoms with van der Waals surface area (Å²) < 4.78 is 0. The van der Waals surface area contributed by atoms with E-state index >= 15 is 0 Å². The Hall–Kier alpha value is -1.71. The fourth-order valence-electron chi connectivity index (χ4n) is 3.07. The number of hydrogen-bond acceptors (Lipinski definition) is 3. The predicted molar refractivity (Wildman–Crippen MR) is 76.3 cm³/mol. The van der Waals surface area contributed by atoms with E-state index in [1.54, 1.807) is 6.20 Å². The Labute approximate surface area is 113 Å². The van der Waals surface area contributed by atoms with Crippen molar-refractivity contribution in [3.63, 3.8) is 0 Å². The number of hydrogen-bond donors (Lipinski definition) is 2. The van der Waals surface area contributed by atoms with E-state index in [-0.39, 0.29) is 6.04 Å². The number of rotatable bonds is 3. The fraction of sp³-hybridized carbons (Fsp3) is 0.312. The first-order valence-corrected chi connectivity index (χ1v) is 6.81. The van der Waals surface area contributed by atoms with Crippen LogP contribution in [0.3, 0.4) is 0 Å². The highest BCUT2D eigenvalue weighted by Crippen LogP contribution is 2.33. The highest BCUT2D eigenvalue weighted by molar-refractivity contribution is 5.30. The van der Waals surface area contributed by atoms with Gasteiger partial charge in [0.05, 0.1) is 6.04 Å². The lowest BCUT2D eigenvalue weighted by atomic mass is 9.78. The molecule has 2 unspecified atom stereocenters. The van der Waals surface area contributed by atoms with Crippen molar-refractivity contribution < 1.29 is 0 Å². The molecule has 2 atom stereocenters. The van der Waals surface area contributed by atoms with Gasteiger partial charge >= 0.3 is 0 Å². The average Bonchev–Trinajstić information content (AvgIpc) is 2.49. The van der Waals surface area contributed by atoms with Gasteiger partial charge in [0.1, 0.15) is 0 Å². The largest absolute Gasteiger partial charge is 0.271 e. The van der Waals surface area contributed by atoms with E-state index in [9.17, 15) is 0 Å². The molecule has 3 rings (SSSR count). The summed E-state index contributed by atoms with van der Waals surface area (Å²) in [5.74, 6) is 6.31. The average molecular weight is 253 g/mol. The number of pyridine rings is 1. The molecular formula is C16H19N3. The summed E-state index contributed by atoms with van der Waals surface area (Å²) in [6, 6.07) is 13.0. The molecular weight excluding hydrogens is 234 g/mol. The standard InChI is InChI=1S/C16H19N3/c17-19-16(15-6-3-9-18-11-15)14-8-7-12-4-1-2-5-13(12)10-14/h1-6,9,11,14,16,19H,7-8,10,17H2. The molecule has 3 heteroatoms. The van der Waals surface area contributed by atoms with E-state index < -0.39 is 0 Å². The molecule has 0 amide bonds. The summed E-state index contributed by atoms with van der Waals surface area (Å²) in [5, 5.41) is 0. The molecule has 19 heavy (non-hydrogen) atoms. The number of hydrazine groups is 1. The zero-order valence-electron chi connectivity index (χ0n) is 10.9. The third kappa shape index (κ3) is 2.53. The second kappa shape index (κ2) is 5.51. The Balaban J connectivity index is 1.83. The number of aryl methyl sites for hydroxylation is 1. The topological polar surface area (TPSA) is 50.9 Å². The summed E-state index contributed by atoms with van der Waals surface area (Å²) in [4.78, 5) is 4.20. The molecule has 0 bridgehead atoms. The second-order valence-electron chi connectivity index (χ2n) is 5.20. The summed E-state index contributed by atoms with van der Waals surface area (Å²) in [6.07, 6.45) is 7.10. The van der Waals surface area contributed by atoms with Gasteiger partial charge in [-0.2, -0.15) is 0 Å². The van der Waals surface area contributed by atoms with Gasteiger partial charge in [-0.05, 0) is 47.9 Å². The number of fused-ring (bicyclic) bond motifs is 1. The van der Waals surface area contributed by atoms with Gasteiger partial charge in [-0.15, -0.1) is 0 Å². The monoisotopic (exact) mass is 253 g/mol. The van der Waals surface area contributed by atoms with Crippen LogP contribution in [0.15, 0.2) is 48.8 Å². The molecule has 3 nitrogen and oxygen atoms in total. The van der Waals surface area contributed by atoms with Crippen molar-refractivity contribution in [1.29, 1.82) is 0 Å². The number of aromatic nitrogens is 1. The van der Waals surface area contributed by atoms with Gasteiger partial charge in [-0.25, -0.2) is 0 Å². The molecule has 0 spiro atoms. The van der Waals surface area contributed by atoms with Crippen molar-refractivity contribution in [2.24, 2.45) is 11.8 Å². The van der Waals surface area contributed by atoms with Crippen molar-refractivity contribution in [3.8, 4) is 0 Å². The molecule has 0 radical (unpaired) electrons. The van der Waals surface area contributed by atoms with Crippen molar-refractivity contribution >= 4 is 0 Å². The normalized spacial score (nSPS) is 19.7. The van der Waals surface area contributed by atoms with Gasteiger partial charge in [0.25, 0.3) is 0 Å². The molecule has 0 saturated carbocycles. The first-order valence-electron chi connectivity index (χ1n) is 6.81. The smallest absolute Gasteiger partial charge is 0.0506 e. The van der Waals surface area contributed by atoms with Crippen LogP contribution in [0.5, 0.6) is 0 Å². The minimum absolute atomic E-state index is 0.182. The molecule has 98 valence electrons. The van der Waals surface area contributed by atoms with E-state index in [1.807, 2.05) is 12.3 Å². The van der Waals surface area contributed by atoms with Gasteiger partial charge in [-0.3, -0.25) is 16.3 Å². The molecule has 1 aliphatic rings. The number of nitrogens with one attached hydrogen (secondary N) is 1. The lowest BCUT2D eigenvalue weighted by Crippen LogP contribution is -2.36. The highest BCUT2D eigenvalue weighted by Gasteiger charge is 2.26. The first-order chi connectivity index (χ1) is 9.38. The molecule has 1 aliphatic carbocycles. The maximum Gasteiger partial charge on any atom is 0.0506 e. The predicted octanol–water partition coefficient (Wildman–Crippen LogP) is 2.39. The summed E-state index contributed by atoms with van der Waals surface area (Å²) >= 11 is 0. The minimum atomic E-state index is 0.182. The van der Waals surface area contributed by atoms with Crippen LogP contribution in [0.2, 0.25) is 0 Å². The highest BCUT2D eigenvalue weighted by atomic mass is 15.2. The number of benzene rings is 1. The molecule has 0 aliphatic heterocycles. The Morgan fingerprint density at radius 1 is 1.16 bits per heavy atom. The number of nitrogens with two attached hydrogens (primary N) is 1. The second-order valence-corrected chi connectivity index (χ2v) is 5.20. The van der Waals surface area contributed by atoms with Gasteiger partial charge in [0.15, 0.2) is 0 Å². The quantitative estimate of drug-likeness (QED) is 0.652. The van der Waals surface area contributed by atoms with Gasteiger partial charge in [-0.1, -0.05) is 30.3 Å². The first kappa shape index (κ1) is 12.3. The third-order valence-electron chi connectivity index (χ3n) is 4.08. The fourth-order valence-corrected chi connectivity index (χ4v) is 3.07. The number of nitrogens with zero attached hydrogens (tertiary/aromatic N) is 1. The van der Waals surface area contributed by atoms with Crippen molar-refractivity contribution in [1.82, 2.24) is 10.4 Å². The molecule has 3 N–H and O–H groups in total. The van der Waals surface area contributed by atoms with E-state index in [0.29, 0.717) is 5.92 Å². The van der Waals surface area contributed by atoms with Crippen LogP contribution in [0.4, 0.5) is 0 Å². The van der Waals surface area contributed by atoms with E-state index in [2.05, 4.69) is 40.7 Å². The third-order valence-corrected chi connectivity index (χ3v) is 4.08. The van der Waals surface area contributed by atoms with E-state index in [4.69, 9.17) is 5.84 Å². The molecule has 0 saturated heterocycles. The Morgan fingerprint density at radius 2 is 2.00 bits per heavy atom. The van der Waals surface area contributed by atoms with Crippen molar-refractivity contribution in [2.75, 3.05) is 0 Å². The maximum absolute atomic E-state index is 5.78.